The maximum absolute atomic E-state index is 13.6. The number of carbonyl (C=O) groups is 3. The lowest BCUT2D eigenvalue weighted by atomic mass is 9.87. The fraction of sp³-hybridized carbons (Fsp3) is 0.357. The van der Waals surface area contributed by atoms with Crippen LogP contribution in [0, 0.1) is 11.3 Å². The van der Waals surface area contributed by atoms with Crippen LogP contribution in [-0.4, -0.2) is 47.7 Å². The Labute approximate surface area is 218 Å². The van der Waals surface area contributed by atoms with E-state index in [-0.39, 0.29) is 34.0 Å². The molecule has 2 aromatic rings. The Morgan fingerprint density at radius 1 is 1.05 bits per heavy atom. The molecule has 38 heavy (non-hydrogen) atoms. The van der Waals surface area contributed by atoms with Crippen LogP contribution in [0.4, 0.5) is 23.7 Å². The number of amides is 3. The van der Waals surface area contributed by atoms with Crippen molar-refractivity contribution in [1.29, 1.82) is 5.26 Å². The monoisotopic (exact) mass is 524 g/mol. The molecule has 198 valence electrons. The zero-order valence-corrected chi connectivity index (χ0v) is 21.3. The van der Waals surface area contributed by atoms with Crippen LogP contribution in [0.1, 0.15) is 66.2 Å². The van der Waals surface area contributed by atoms with Gasteiger partial charge in [0.15, 0.2) is 5.78 Å². The standard InChI is InChI=1S/C28H27F3N4O3/c1-17-24(18(2)36)25(33(3)27(38)35(17)21-9-7-8-20(15-21)28(29,30)31)22-11-10-19(16-32)14-23(22)26(37)34-12-5-4-6-13-34/h7-11,14-15,25H,4-6,12-13H2,1-3H3. The Morgan fingerprint density at radius 3 is 2.34 bits per heavy atom. The molecule has 0 aromatic heterocycles. The van der Waals surface area contributed by atoms with E-state index in [0.717, 1.165) is 36.3 Å². The van der Waals surface area contributed by atoms with Crippen molar-refractivity contribution in [2.75, 3.05) is 25.0 Å². The highest BCUT2D eigenvalue weighted by Crippen LogP contribution is 2.41. The van der Waals surface area contributed by atoms with Crippen molar-refractivity contribution in [3.8, 4) is 6.07 Å². The van der Waals surface area contributed by atoms with E-state index in [1.165, 1.54) is 50.1 Å². The third kappa shape index (κ3) is 4.88. The molecule has 0 aliphatic carbocycles. The van der Waals surface area contributed by atoms with Crippen molar-refractivity contribution >= 4 is 23.4 Å². The maximum atomic E-state index is 13.6. The first-order valence-corrected chi connectivity index (χ1v) is 12.2. The van der Waals surface area contributed by atoms with Gasteiger partial charge in [0.05, 0.1) is 28.9 Å². The lowest BCUT2D eigenvalue weighted by molar-refractivity contribution is -0.137. The summed E-state index contributed by atoms with van der Waals surface area (Å²) in [7, 11) is 1.44. The minimum absolute atomic E-state index is 0.0316. The van der Waals surface area contributed by atoms with Crippen LogP contribution >= 0.6 is 0 Å². The smallest absolute Gasteiger partial charge is 0.339 e. The molecule has 10 heteroatoms. The zero-order valence-electron chi connectivity index (χ0n) is 21.3. The summed E-state index contributed by atoms with van der Waals surface area (Å²) in [5.74, 6) is -0.692. The van der Waals surface area contributed by atoms with Crippen LogP contribution in [0.3, 0.4) is 0 Å². The summed E-state index contributed by atoms with van der Waals surface area (Å²) >= 11 is 0. The Hall–Kier alpha value is -4.13. The molecule has 4 rings (SSSR count). The van der Waals surface area contributed by atoms with Crippen molar-refractivity contribution in [1.82, 2.24) is 9.80 Å². The predicted octanol–water partition coefficient (Wildman–Crippen LogP) is 5.68. The number of anilines is 1. The number of likely N-dealkylation sites (N-methyl/N-ethyl adjacent to an activating group) is 1. The van der Waals surface area contributed by atoms with Gasteiger partial charge < -0.3 is 9.80 Å². The number of rotatable bonds is 4. The fourth-order valence-electron chi connectivity index (χ4n) is 5.18. The molecule has 1 fully saturated rings. The number of piperidine rings is 1. The molecule has 0 radical (unpaired) electrons. The van der Waals surface area contributed by atoms with E-state index in [1.807, 2.05) is 6.07 Å². The van der Waals surface area contributed by atoms with E-state index < -0.39 is 29.6 Å². The molecule has 2 aliphatic heterocycles. The number of nitriles is 1. The highest BCUT2D eigenvalue weighted by atomic mass is 19.4. The number of allylic oxidation sites excluding steroid dienone is 1. The summed E-state index contributed by atoms with van der Waals surface area (Å²) < 4.78 is 40.2. The average Bonchev–Trinajstić information content (AvgIpc) is 2.90. The molecule has 0 N–H and O–H groups in total. The Balaban J connectivity index is 1.88. The van der Waals surface area contributed by atoms with Gasteiger partial charge in [0.2, 0.25) is 0 Å². The van der Waals surface area contributed by atoms with Gasteiger partial charge in [0.25, 0.3) is 5.91 Å². The molecular formula is C28H27F3N4O3. The first-order chi connectivity index (χ1) is 18.0. The number of carbonyl (C=O) groups excluding carboxylic acids is 3. The Kier molecular flexibility index (Phi) is 7.31. The predicted molar refractivity (Wildman–Crippen MR) is 134 cm³/mol. The van der Waals surface area contributed by atoms with Gasteiger partial charge >= 0.3 is 12.2 Å². The second kappa shape index (κ2) is 10.3. The number of urea groups is 1. The van der Waals surface area contributed by atoms with E-state index in [4.69, 9.17) is 0 Å². The highest BCUT2D eigenvalue weighted by Gasteiger charge is 2.42. The van der Waals surface area contributed by atoms with Crippen LogP contribution in [0.2, 0.25) is 0 Å². The lowest BCUT2D eigenvalue weighted by Gasteiger charge is -2.42. The van der Waals surface area contributed by atoms with Crippen LogP contribution in [0.15, 0.2) is 53.7 Å². The molecule has 0 bridgehead atoms. The van der Waals surface area contributed by atoms with E-state index >= 15 is 0 Å². The first-order valence-electron chi connectivity index (χ1n) is 12.2. The normalized spacial score (nSPS) is 18.5. The molecule has 3 amide bonds. The molecule has 2 heterocycles. The molecule has 7 nitrogen and oxygen atoms in total. The van der Waals surface area contributed by atoms with E-state index in [1.54, 1.807) is 11.0 Å². The molecule has 2 aromatic carbocycles. The summed E-state index contributed by atoms with van der Waals surface area (Å²) in [4.78, 5) is 44.3. The second-order valence-corrected chi connectivity index (χ2v) is 9.50. The van der Waals surface area contributed by atoms with Crippen molar-refractivity contribution in [3.05, 3.63) is 76.0 Å². The van der Waals surface area contributed by atoms with Crippen LogP contribution in [0.25, 0.3) is 0 Å². The van der Waals surface area contributed by atoms with E-state index in [2.05, 4.69) is 0 Å². The molecule has 2 aliphatic rings. The maximum Gasteiger partial charge on any atom is 0.416 e. The van der Waals surface area contributed by atoms with Crippen molar-refractivity contribution in [2.45, 2.75) is 45.3 Å². The van der Waals surface area contributed by atoms with Crippen molar-refractivity contribution in [3.63, 3.8) is 0 Å². The van der Waals surface area contributed by atoms with Crippen LogP contribution in [-0.2, 0) is 11.0 Å². The number of ketones is 1. The fourth-order valence-corrected chi connectivity index (χ4v) is 5.18. The number of hydrogen-bond acceptors (Lipinski definition) is 4. The summed E-state index contributed by atoms with van der Waals surface area (Å²) in [6.45, 7) is 3.94. The number of likely N-dealkylation sites (tertiary alicyclic amines) is 1. The third-order valence-electron chi connectivity index (χ3n) is 7.04. The zero-order chi connectivity index (χ0) is 27.8. The average molecular weight is 525 g/mol. The van der Waals surface area contributed by atoms with Crippen LogP contribution in [0.5, 0.6) is 0 Å². The Morgan fingerprint density at radius 2 is 1.74 bits per heavy atom. The minimum atomic E-state index is -4.61. The Bertz CT molecular complexity index is 1370. The van der Waals surface area contributed by atoms with Gasteiger partial charge in [-0.1, -0.05) is 12.1 Å². The van der Waals surface area contributed by atoms with Crippen molar-refractivity contribution < 1.29 is 27.6 Å². The number of Topliss-reactive ketones (excluding diaryl/α,β-unsaturated/α-hetero) is 1. The number of halogens is 3. The highest BCUT2D eigenvalue weighted by molar-refractivity contribution is 6.06. The minimum Gasteiger partial charge on any atom is -0.339 e. The van der Waals surface area contributed by atoms with Gasteiger partial charge in [0, 0.05) is 37.0 Å². The topological polar surface area (TPSA) is 84.7 Å². The van der Waals surface area contributed by atoms with Crippen LogP contribution < -0.4 is 4.90 Å². The van der Waals surface area contributed by atoms with Gasteiger partial charge in [-0.25, -0.2) is 4.79 Å². The largest absolute Gasteiger partial charge is 0.416 e. The number of benzene rings is 2. The van der Waals surface area contributed by atoms with Gasteiger partial charge in [-0.15, -0.1) is 0 Å². The summed E-state index contributed by atoms with van der Waals surface area (Å²) in [6.07, 6.45) is -1.90. The summed E-state index contributed by atoms with van der Waals surface area (Å²) in [5.41, 5.74) is 0.238. The molecule has 0 spiro atoms. The lowest BCUT2D eigenvalue weighted by Crippen LogP contribution is -2.49. The van der Waals surface area contributed by atoms with E-state index in [0.29, 0.717) is 18.7 Å². The second-order valence-electron chi connectivity index (χ2n) is 9.50. The van der Waals surface area contributed by atoms with Gasteiger partial charge in [-0.2, -0.15) is 18.4 Å². The SMILES string of the molecule is CC(=O)C1=C(C)N(c2cccc(C(F)(F)F)c2)C(=O)N(C)C1c1ccc(C#N)cc1C(=O)N1CCCCC1. The number of nitrogens with zero attached hydrogens (tertiary/aromatic N) is 4. The quantitative estimate of drug-likeness (QED) is 0.515. The number of alkyl halides is 3. The van der Waals surface area contributed by atoms with Gasteiger partial charge in [-0.05, 0) is 69.0 Å². The molecule has 1 atom stereocenters. The van der Waals surface area contributed by atoms with Gasteiger partial charge in [-0.3, -0.25) is 14.5 Å². The molecule has 1 saturated heterocycles. The molecule has 1 unspecified atom stereocenters. The first kappa shape index (κ1) is 26.9. The third-order valence-corrected chi connectivity index (χ3v) is 7.04. The van der Waals surface area contributed by atoms with E-state index in [9.17, 15) is 32.8 Å². The van der Waals surface area contributed by atoms with Crippen molar-refractivity contribution in [2.24, 2.45) is 0 Å². The molecule has 0 saturated carbocycles. The number of hydrogen-bond donors (Lipinski definition) is 0. The molecular weight excluding hydrogens is 497 g/mol. The summed E-state index contributed by atoms with van der Waals surface area (Å²) in [5, 5.41) is 9.48. The van der Waals surface area contributed by atoms with Gasteiger partial charge in [0.1, 0.15) is 0 Å². The summed E-state index contributed by atoms with van der Waals surface area (Å²) in [6, 6.07) is 9.31.